The van der Waals surface area contributed by atoms with Gasteiger partial charge in [-0.2, -0.15) is 5.10 Å². The lowest BCUT2D eigenvalue weighted by Gasteiger charge is -2.24. The third kappa shape index (κ3) is 3.85. The third-order valence-corrected chi connectivity index (χ3v) is 5.82. The van der Waals surface area contributed by atoms with Crippen molar-refractivity contribution in [3.8, 4) is 17.2 Å². The quantitative estimate of drug-likeness (QED) is 0.716. The smallest absolute Gasteiger partial charge is 0.231 e. The van der Waals surface area contributed by atoms with Gasteiger partial charge in [0.05, 0.1) is 11.8 Å². The Morgan fingerprint density at radius 3 is 2.55 bits per heavy atom. The van der Waals surface area contributed by atoms with Crippen molar-refractivity contribution >= 4 is 0 Å². The number of fused-ring (bicyclic) bond motifs is 1. The second kappa shape index (κ2) is 7.87. The number of rotatable bonds is 5. The van der Waals surface area contributed by atoms with Gasteiger partial charge in [-0.1, -0.05) is 30.3 Å². The number of aliphatic hydroxyl groups is 1. The van der Waals surface area contributed by atoms with Crippen molar-refractivity contribution in [2.45, 2.75) is 50.5 Å². The Balaban J connectivity index is 1.45. The first kappa shape index (κ1) is 18.2. The van der Waals surface area contributed by atoms with Gasteiger partial charge in [0.2, 0.25) is 6.79 Å². The molecule has 1 aromatic heterocycles. The predicted molar refractivity (Wildman–Crippen MR) is 109 cm³/mol. The second-order valence-corrected chi connectivity index (χ2v) is 7.83. The van der Waals surface area contributed by atoms with Crippen LogP contribution in [0.1, 0.15) is 48.8 Å². The van der Waals surface area contributed by atoms with Crippen molar-refractivity contribution in [1.82, 2.24) is 14.8 Å². The van der Waals surface area contributed by atoms with Crippen LogP contribution in [0.25, 0.3) is 5.69 Å². The molecule has 2 aliphatic rings. The summed E-state index contributed by atoms with van der Waals surface area (Å²) in [5.41, 5.74) is 2.23. The fourth-order valence-corrected chi connectivity index (χ4v) is 4.18. The summed E-state index contributed by atoms with van der Waals surface area (Å²) in [6.07, 6.45) is 5.02. The van der Waals surface area contributed by atoms with Gasteiger partial charge in [-0.15, -0.1) is 0 Å². The van der Waals surface area contributed by atoms with E-state index in [0.29, 0.717) is 5.92 Å². The fraction of sp³-hybridized carbons (Fsp3) is 0.391. The lowest BCUT2D eigenvalue weighted by Crippen LogP contribution is -2.19. The summed E-state index contributed by atoms with van der Waals surface area (Å²) in [6.45, 7) is 0.256. The lowest BCUT2D eigenvalue weighted by molar-refractivity contribution is 0.121. The minimum atomic E-state index is -0.189. The molecule has 1 N–H and O–H groups in total. The SMILES string of the molecule is OC1CCC(c2nc(CCc3ccccc3)nn2-c2ccc3c(c2)OCO3)CC1. The average molecular weight is 391 g/mol. The van der Waals surface area contributed by atoms with Gasteiger partial charge in [0.15, 0.2) is 17.3 Å². The Labute approximate surface area is 170 Å². The van der Waals surface area contributed by atoms with Crippen molar-refractivity contribution in [2.24, 2.45) is 0 Å². The zero-order chi connectivity index (χ0) is 19.6. The molecular formula is C23H25N3O3. The number of hydrogen-bond acceptors (Lipinski definition) is 5. The van der Waals surface area contributed by atoms with Crippen LogP contribution in [0.5, 0.6) is 11.5 Å². The van der Waals surface area contributed by atoms with Gasteiger partial charge in [0, 0.05) is 18.4 Å². The normalized spacial score (nSPS) is 20.7. The van der Waals surface area contributed by atoms with Crippen LogP contribution in [0.4, 0.5) is 0 Å². The standard InChI is InChI=1S/C23H25N3O3/c27-19-10-7-17(8-11-19)23-24-22(13-6-16-4-2-1-3-5-16)25-26(23)18-9-12-20-21(14-18)29-15-28-20/h1-5,9,12,14,17,19,27H,6-8,10-11,13,15H2. The van der Waals surface area contributed by atoms with Crippen molar-refractivity contribution in [3.05, 3.63) is 65.7 Å². The minimum Gasteiger partial charge on any atom is -0.454 e. The van der Waals surface area contributed by atoms with E-state index < -0.39 is 0 Å². The van der Waals surface area contributed by atoms with Gasteiger partial charge in [-0.05, 0) is 49.8 Å². The molecule has 0 radical (unpaired) electrons. The Morgan fingerprint density at radius 1 is 0.931 bits per heavy atom. The first-order valence-corrected chi connectivity index (χ1v) is 10.3. The van der Waals surface area contributed by atoms with E-state index in [9.17, 15) is 5.11 Å². The van der Waals surface area contributed by atoms with E-state index >= 15 is 0 Å². The van der Waals surface area contributed by atoms with E-state index in [1.165, 1.54) is 5.56 Å². The van der Waals surface area contributed by atoms with E-state index in [4.69, 9.17) is 19.6 Å². The van der Waals surface area contributed by atoms with Crippen LogP contribution in [0.2, 0.25) is 0 Å². The second-order valence-electron chi connectivity index (χ2n) is 7.83. The largest absolute Gasteiger partial charge is 0.454 e. The molecule has 5 rings (SSSR count). The maximum Gasteiger partial charge on any atom is 0.231 e. The molecule has 1 fully saturated rings. The number of aryl methyl sites for hydroxylation is 2. The van der Waals surface area contributed by atoms with Crippen LogP contribution in [0.3, 0.4) is 0 Å². The van der Waals surface area contributed by atoms with Gasteiger partial charge < -0.3 is 14.6 Å². The maximum atomic E-state index is 9.91. The summed E-state index contributed by atoms with van der Waals surface area (Å²) in [6, 6.07) is 16.3. The molecule has 29 heavy (non-hydrogen) atoms. The number of benzene rings is 2. The number of aliphatic hydroxyl groups excluding tert-OH is 1. The Bertz CT molecular complexity index is 978. The molecule has 3 aromatic rings. The first-order chi connectivity index (χ1) is 14.3. The van der Waals surface area contributed by atoms with Crippen molar-refractivity contribution < 1.29 is 14.6 Å². The monoisotopic (exact) mass is 391 g/mol. The molecule has 0 bridgehead atoms. The Kier molecular flexibility index (Phi) is 4.94. The van der Waals surface area contributed by atoms with Gasteiger partial charge in [0.25, 0.3) is 0 Å². The van der Waals surface area contributed by atoms with E-state index in [2.05, 4.69) is 24.3 Å². The number of aromatic nitrogens is 3. The lowest BCUT2D eigenvalue weighted by atomic mass is 9.87. The summed E-state index contributed by atoms with van der Waals surface area (Å²) in [7, 11) is 0. The summed E-state index contributed by atoms with van der Waals surface area (Å²) in [4.78, 5) is 4.94. The summed E-state index contributed by atoms with van der Waals surface area (Å²) >= 11 is 0. The van der Waals surface area contributed by atoms with Gasteiger partial charge in [-0.3, -0.25) is 0 Å². The van der Waals surface area contributed by atoms with Crippen LogP contribution in [0.15, 0.2) is 48.5 Å². The fourth-order valence-electron chi connectivity index (χ4n) is 4.18. The highest BCUT2D eigenvalue weighted by Gasteiger charge is 2.27. The molecule has 150 valence electrons. The Hall–Kier alpha value is -2.86. The molecule has 6 heteroatoms. The van der Waals surface area contributed by atoms with E-state index in [-0.39, 0.29) is 12.9 Å². The molecule has 0 saturated heterocycles. The van der Waals surface area contributed by atoms with Crippen molar-refractivity contribution in [1.29, 1.82) is 0 Å². The van der Waals surface area contributed by atoms with Crippen LogP contribution >= 0.6 is 0 Å². The molecule has 0 amide bonds. The highest BCUT2D eigenvalue weighted by molar-refractivity contribution is 5.50. The zero-order valence-electron chi connectivity index (χ0n) is 16.3. The number of ether oxygens (including phenoxy) is 2. The molecule has 1 saturated carbocycles. The van der Waals surface area contributed by atoms with E-state index in [1.54, 1.807) is 0 Å². The Morgan fingerprint density at radius 2 is 1.72 bits per heavy atom. The van der Waals surface area contributed by atoms with Crippen LogP contribution in [0, 0.1) is 0 Å². The molecule has 0 atom stereocenters. The molecular weight excluding hydrogens is 366 g/mol. The minimum absolute atomic E-state index is 0.189. The van der Waals surface area contributed by atoms with Crippen LogP contribution < -0.4 is 9.47 Å². The molecule has 0 spiro atoms. The van der Waals surface area contributed by atoms with Gasteiger partial charge in [0.1, 0.15) is 5.82 Å². The molecule has 1 aliphatic carbocycles. The van der Waals surface area contributed by atoms with Gasteiger partial charge in [-0.25, -0.2) is 9.67 Å². The van der Waals surface area contributed by atoms with E-state index in [1.807, 2.05) is 28.9 Å². The number of nitrogens with zero attached hydrogens (tertiary/aromatic N) is 3. The molecule has 1 aliphatic heterocycles. The highest BCUT2D eigenvalue weighted by Crippen LogP contribution is 2.36. The highest BCUT2D eigenvalue weighted by atomic mass is 16.7. The molecule has 0 unspecified atom stereocenters. The van der Waals surface area contributed by atoms with Crippen LogP contribution in [-0.4, -0.2) is 32.8 Å². The van der Waals surface area contributed by atoms with Gasteiger partial charge >= 0.3 is 0 Å². The number of hydrogen-bond donors (Lipinski definition) is 1. The molecule has 2 aromatic carbocycles. The zero-order valence-corrected chi connectivity index (χ0v) is 16.3. The summed E-state index contributed by atoms with van der Waals surface area (Å²) in [5, 5.41) is 14.8. The van der Waals surface area contributed by atoms with Crippen LogP contribution in [-0.2, 0) is 12.8 Å². The topological polar surface area (TPSA) is 69.4 Å². The molecule has 2 heterocycles. The first-order valence-electron chi connectivity index (χ1n) is 10.3. The molecule has 6 nitrogen and oxygen atoms in total. The summed E-state index contributed by atoms with van der Waals surface area (Å²) in [5.74, 6) is 3.66. The average Bonchev–Trinajstić information content (AvgIpc) is 3.40. The van der Waals surface area contributed by atoms with E-state index in [0.717, 1.165) is 67.4 Å². The maximum absolute atomic E-state index is 9.91. The van der Waals surface area contributed by atoms with Crippen molar-refractivity contribution in [2.75, 3.05) is 6.79 Å². The summed E-state index contributed by atoms with van der Waals surface area (Å²) < 4.78 is 13.0. The third-order valence-electron chi connectivity index (χ3n) is 5.82. The van der Waals surface area contributed by atoms with Crippen molar-refractivity contribution in [3.63, 3.8) is 0 Å². The predicted octanol–water partition coefficient (Wildman–Crippen LogP) is 3.80.